The van der Waals surface area contributed by atoms with Crippen molar-refractivity contribution in [3.05, 3.63) is 65.9 Å². The average Bonchev–Trinajstić information content (AvgIpc) is 3.67. The monoisotopic (exact) mass is 965 g/mol. The van der Waals surface area contributed by atoms with Crippen molar-refractivity contribution >= 4 is 70.9 Å². The summed E-state index contributed by atoms with van der Waals surface area (Å²) in [7, 11) is 3.72. The SMILES string of the molecule is C=NC(=O)OCc1ccc(NC(=O)[C@H](CCCNC(N)=O)NC(=O)[C@@H](NC(=O)CCOCCOCCNC(=O)[C@H](CCC(=O)O)NC(=O)CCn2c(CN(C)NC)cc3ccccc32)C(C)C)cc1. The van der Waals surface area contributed by atoms with Gasteiger partial charge in [0.15, 0.2) is 0 Å². The predicted molar refractivity (Wildman–Crippen MR) is 255 cm³/mol. The number of aliphatic carboxylic acids is 1. The van der Waals surface area contributed by atoms with Crippen LogP contribution >= 0.6 is 0 Å². The number of hydrogen-bond acceptors (Lipinski definition) is 13. The Bertz CT molecular complexity index is 2180. The second-order valence-corrected chi connectivity index (χ2v) is 16.2. The largest absolute Gasteiger partial charge is 0.481 e. The molecule has 3 atom stereocenters. The standard InChI is InChI=1S/C46H67N11O12/c1-30(2)41(44(64)54-35(10-8-20-51-45(47)65)43(63)52-33-14-12-31(13-15-33)29-69-46(66)48-3)55-39(59)19-23-67-25-26-68-24-21-50-42(62)36(16-17-40(60)61)53-38(58)18-22-57-34(28-56(5)49-4)27-32-9-6-7-11-37(32)57/h6-7,9,11-15,27,30,35-36,41,49H,3,8,10,16-26,28-29H2,1-2,4-5H3,(H,50,62)(H,52,63)(H,53,58)(H,54,64)(H,55,59)(H,60,61)(H3,47,51,65)/t35-,36-,41-/m0/s1. The fourth-order valence-electron chi connectivity index (χ4n) is 6.79. The third-order valence-corrected chi connectivity index (χ3v) is 10.5. The van der Waals surface area contributed by atoms with Gasteiger partial charge in [-0.15, -0.1) is 0 Å². The van der Waals surface area contributed by atoms with Crippen molar-refractivity contribution in [2.24, 2.45) is 16.6 Å². The third-order valence-electron chi connectivity index (χ3n) is 10.5. The van der Waals surface area contributed by atoms with Crippen molar-refractivity contribution in [3.63, 3.8) is 0 Å². The number of nitrogens with zero attached hydrogens (tertiary/aromatic N) is 3. The Kier molecular flexibility index (Phi) is 24.9. The predicted octanol–water partition coefficient (Wildman–Crippen LogP) is 1.54. The van der Waals surface area contributed by atoms with Gasteiger partial charge in [0, 0.05) is 62.8 Å². The van der Waals surface area contributed by atoms with Crippen molar-refractivity contribution in [1.29, 1.82) is 0 Å². The highest BCUT2D eigenvalue weighted by Crippen LogP contribution is 2.21. The summed E-state index contributed by atoms with van der Waals surface area (Å²) in [6, 6.07) is 12.5. The lowest BCUT2D eigenvalue weighted by Gasteiger charge is -2.25. The van der Waals surface area contributed by atoms with Crippen LogP contribution in [0.4, 0.5) is 15.3 Å². The number of carbonyl (C=O) groups excluding carboxylic acids is 7. The molecule has 0 unspecified atom stereocenters. The first kappa shape index (κ1) is 56.4. The van der Waals surface area contributed by atoms with E-state index in [0.29, 0.717) is 24.3 Å². The fraction of sp³-hybridized carbons (Fsp3) is 0.500. The molecule has 0 saturated heterocycles. The summed E-state index contributed by atoms with van der Waals surface area (Å²) in [5, 5.41) is 28.2. The van der Waals surface area contributed by atoms with Crippen LogP contribution in [0.1, 0.15) is 63.6 Å². The Morgan fingerprint density at radius 3 is 2.14 bits per heavy atom. The number of aliphatic imine (C=N–C) groups is 1. The molecule has 0 saturated carbocycles. The van der Waals surface area contributed by atoms with E-state index in [9.17, 15) is 43.5 Å². The molecule has 10 N–H and O–H groups in total. The molecule has 2 aromatic carbocycles. The third kappa shape index (κ3) is 21.3. The minimum absolute atomic E-state index is 0.00243. The zero-order chi connectivity index (χ0) is 50.7. The van der Waals surface area contributed by atoms with E-state index in [-0.39, 0.29) is 90.6 Å². The van der Waals surface area contributed by atoms with Crippen LogP contribution in [0.15, 0.2) is 59.6 Å². The molecule has 3 rings (SSSR count). The molecule has 1 aromatic heterocycles. The van der Waals surface area contributed by atoms with Crippen LogP contribution in [-0.4, -0.2) is 141 Å². The zero-order valence-electron chi connectivity index (χ0n) is 39.7. The first-order valence-corrected chi connectivity index (χ1v) is 22.6. The number of para-hydroxylation sites is 1. The van der Waals surface area contributed by atoms with E-state index >= 15 is 0 Å². The summed E-state index contributed by atoms with van der Waals surface area (Å²) >= 11 is 0. The van der Waals surface area contributed by atoms with Gasteiger partial charge in [0.1, 0.15) is 24.7 Å². The topological polar surface area (TPSA) is 315 Å². The van der Waals surface area contributed by atoms with Crippen LogP contribution in [0.25, 0.3) is 10.9 Å². The van der Waals surface area contributed by atoms with Gasteiger partial charge in [0.2, 0.25) is 29.5 Å². The van der Waals surface area contributed by atoms with Crippen LogP contribution in [0.2, 0.25) is 0 Å². The van der Waals surface area contributed by atoms with Crippen molar-refractivity contribution in [2.75, 3.05) is 58.9 Å². The number of nitrogens with two attached hydrogens (primary N) is 1. The molecule has 8 amide bonds. The zero-order valence-corrected chi connectivity index (χ0v) is 39.7. The van der Waals surface area contributed by atoms with Crippen LogP contribution < -0.4 is 43.1 Å². The van der Waals surface area contributed by atoms with E-state index in [4.69, 9.17) is 19.9 Å². The average molecular weight is 966 g/mol. The van der Waals surface area contributed by atoms with E-state index < -0.39 is 65.8 Å². The number of nitrogens with one attached hydrogen (secondary N) is 7. The smallest absolute Gasteiger partial charge is 0.433 e. The van der Waals surface area contributed by atoms with Gasteiger partial charge >= 0.3 is 18.1 Å². The molecular formula is C46H67N11O12. The van der Waals surface area contributed by atoms with Crippen molar-refractivity contribution in [3.8, 4) is 0 Å². The maximum Gasteiger partial charge on any atom is 0.433 e. The molecule has 0 aliphatic heterocycles. The van der Waals surface area contributed by atoms with Crippen molar-refractivity contribution in [2.45, 2.75) is 90.2 Å². The van der Waals surface area contributed by atoms with Crippen LogP contribution in [-0.2, 0) is 62.7 Å². The molecule has 1 heterocycles. The van der Waals surface area contributed by atoms with E-state index in [2.05, 4.69) is 55.1 Å². The summed E-state index contributed by atoms with van der Waals surface area (Å²) in [5.74, 6) is -4.05. The van der Waals surface area contributed by atoms with E-state index in [1.165, 1.54) is 0 Å². The van der Waals surface area contributed by atoms with E-state index in [0.717, 1.165) is 16.6 Å². The van der Waals surface area contributed by atoms with E-state index in [1.807, 2.05) is 47.9 Å². The Morgan fingerprint density at radius 1 is 0.797 bits per heavy atom. The number of hydrazine groups is 1. The summed E-state index contributed by atoms with van der Waals surface area (Å²) in [6.45, 7) is 7.99. The molecule has 0 aliphatic rings. The number of anilines is 1. The normalized spacial score (nSPS) is 12.4. The fourth-order valence-corrected chi connectivity index (χ4v) is 6.79. The number of amides is 8. The second-order valence-electron chi connectivity index (χ2n) is 16.2. The maximum absolute atomic E-state index is 13.5. The molecule has 0 fully saturated rings. The minimum atomic E-state index is -1.10. The van der Waals surface area contributed by atoms with Gasteiger partial charge < -0.3 is 61.5 Å². The van der Waals surface area contributed by atoms with Gasteiger partial charge in [-0.25, -0.2) is 14.6 Å². The number of urea groups is 1. The number of aryl methyl sites for hydroxylation is 1. The van der Waals surface area contributed by atoms with Gasteiger partial charge in [-0.3, -0.25) is 34.2 Å². The first-order valence-electron chi connectivity index (χ1n) is 22.6. The summed E-state index contributed by atoms with van der Waals surface area (Å²) in [5.41, 5.74) is 11.2. The summed E-state index contributed by atoms with van der Waals surface area (Å²) < 4.78 is 18.0. The molecule has 0 spiro atoms. The minimum Gasteiger partial charge on any atom is -0.481 e. The molecule has 0 radical (unpaired) electrons. The highest BCUT2D eigenvalue weighted by Gasteiger charge is 2.29. The highest BCUT2D eigenvalue weighted by molar-refractivity contribution is 5.98. The Labute approximate surface area is 401 Å². The Balaban J connectivity index is 1.41. The summed E-state index contributed by atoms with van der Waals surface area (Å²) in [4.78, 5) is 103. The number of carboxylic acids is 1. The second kappa shape index (κ2) is 30.4. The lowest BCUT2D eigenvalue weighted by Crippen LogP contribution is -2.54. The Morgan fingerprint density at radius 2 is 1.48 bits per heavy atom. The van der Waals surface area contributed by atoms with Crippen LogP contribution in [0.5, 0.6) is 0 Å². The molecule has 0 bridgehead atoms. The van der Waals surface area contributed by atoms with Crippen LogP contribution in [0, 0.1) is 5.92 Å². The number of rotatable bonds is 32. The molecule has 0 aliphatic carbocycles. The molecule has 378 valence electrons. The van der Waals surface area contributed by atoms with Gasteiger partial charge in [-0.05, 0) is 74.2 Å². The lowest BCUT2D eigenvalue weighted by molar-refractivity contribution is -0.138. The van der Waals surface area contributed by atoms with Crippen molar-refractivity contribution < 1.29 is 57.7 Å². The maximum atomic E-state index is 13.5. The van der Waals surface area contributed by atoms with Gasteiger partial charge in [-0.1, -0.05) is 44.2 Å². The number of hydrogen-bond donors (Lipinski definition) is 9. The van der Waals surface area contributed by atoms with Gasteiger partial charge in [0.25, 0.3) is 0 Å². The van der Waals surface area contributed by atoms with Gasteiger partial charge in [0.05, 0.1) is 33.0 Å². The Hall–Kier alpha value is -6.95. The number of carboxylic acid groups (broad SMARTS) is 1. The number of fused-ring (bicyclic) bond motifs is 1. The first-order chi connectivity index (χ1) is 33.0. The molecule has 23 nitrogen and oxygen atoms in total. The summed E-state index contributed by atoms with van der Waals surface area (Å²) in [6.07, 6.45) is -0.875. The highest BCUT2D eigenvalue weighted by atomic mass is 16.5. The molecule has 23 heteroatoms. The molecule has 69 heavy (non-hydrogen) atoms. The van der Waals surface area contributed by atoms with Crippen LogP contribution in [0.3, 0.4) is 0 Å². The van der Waals surface area contributed by atoms with Crippen molar-refractivity contribution in [1.82, 2.24) is 41.6 Å². The number of benzene rings is 2. The number of aromatic nitrogens is 1. The number of ether oxygens (including phenoxy) is 3. The number of primary amides is 1. The number of carbonyl (C=O) groups is 8. The van der Waals surface area contributed by atoms with Gasteiger partial charge in [-0.2, -0.15) is 4.99 Å². The molecular weight excluding hydrogens is 899 g/mol. The molecule has 3 aromatic rings. The lowest BCUT2D eigenvalue weighted by atomic mass is 10.0. The van der Waals surface area contributed by atoms with E-state index in [1.54, 1.807) is 38.1 Å². The quantitative estimate of drug-likeness (QED) is 0.0244.